The first-order valence-corrected chi connectivity index (χ1v) is 5.12. The van der Waals surface area contributed by atoms with E-state index in [0.29, 0.717) is 33.0 Å². The molecule has 5 nitrogen and oxygen atoms in total. The van der Waals surface area contributed by atoms with Gasteiger partial charge in [-0.3, -0.25) is 0 Å². The maximum Gasteiger partial charge on any atom is 0.0701 e. The molecule has 2 N–H and O–H groups in total. The van der Waals surface area contributed by atoms with Crippen molar-refractivity contribution in [3.05, 3.63) is 0 Å². The van der Waals surface area contributed by atoms with Gasteiger partial charge in [0, 0.05) is 7.11 Å². The molecule has 0 bridgehead atoms. The van der Waals surface area contributed by atoms with E-state index in [-0.39, 0.29) is 12.1 Å². The molecular formula is C10H23NO4. The number of aliphatic hydroxyl groups excluding tert-OH is 1. The van der Waals surface area contributed by atoms with Gasteiger partial charge in [-0.2, -0.15) is 0 Å². The van der Waals surface area contributed by atoms with E-state index in [0.717, 1.165) is 0 Å². The molecule has 15 heavy (non-hydrogen) atoms. The summed E-state index contributed by atoms with van der Waals surface area (Å²) in [6, 6.07) is 0. The molecule has 0 aromatic heterocycles. The predicted molar refractivity (Wildman–Crippen MR) is 58.1 cm³/mol. The van der Waals surface area contributed by atoms with Crippen molar-refractivity contribution in [3.8, 4) is 0 Å². The smallest absolute Gasteiger partial charge is 0.0701 e. The van der Waals surface area contributed by atoms with Crippen molar-refractivity contribution < 1.29 is 19.3 Å². The summed E-state index contributed by atoms with van der Waals surface area (Å²) in [5.41, 5.74) is -0.369. The fourth-order valence-electron chi connectivity index (χ4n) is 0.856. The van der Waals surface area contributed by atoms with Gasteiger partial charge in [-0.25, -0.2) is 0 Å². The van der Waals surface area contributed by atoms with Crippen molar-refractivity contribution in [2.24, 2.45) is 0 Å². The quantitative estimate of drug-likeness (QED) is 0.493. The highest BCUT2D eigenvalue weighted by molar-refractivity contribution is 4.79. The first-order valence-electron chi connectivity index (χ1n) is 5.12. The van der Waals surface area contributed by atoms with E-state index in [4.69, 9.17) is 19.3 Å². The first-order chi connectivity index (χ1) is 7.18. The number of methoxy groups -OCH3 is 1. The zero-order chi connectivity index (χ0) is 11.6. The lowest BCUT2D eigenvalue weighted by Gasteiger charge is -2.26. The Morgan fingerprint density at radius 1 is 1.13 bits per heavy atom. The standard InChI is InChI=1S/C10H23NO4/c1-10(8-12,11-2)9-15-7-6-14-5-4-13-3/h11-12H,4-9H2,1-3H3. The third-order valence-electron chi connectivity index (χ3n) is 2.18. The molecule has 0 aromatic carbocycles. The lowest BCUT2D eigenvalue weighted by atomic mass is 10.1. The van der Waals surface area contributed by atoms with Crippen LogP contribution in [0.15, 0.2) is 0 Å². The molecule has 0 aliphatic rings. The second kappa shape index (κ2) is 9.06. The van der Waals surface area contributed by atoms with E-state index < -0.39 is 0 Å². The summed E-state index contributed by atoms with van der Waals surface area (Å²) >= 11 is 0. The van der Waals surface area contributed by atoms with E-state index in [1.54, 1.807) is 14.2 Å². The van der Waals surface area contributed by atoms with Crippen LogP contribution < -0.4 is 5.32 Å². The molecule has 0 aromatic rings. The van der Waals surface area contributed by atoms with Gasteiger partial charge >= 0.3 is 0 Å². The summed E-state index contributed by atoms with van der Waals surface area (Å²) in [7, 11) is 3.44. The molecule has 92 valence electrons. The Bertz CT molecular complexity index is 139. The van der Waals surface area contributed by atoms with Crippen molar-refractivity contribution >= 4 is 0 Å². The summed E-state index contributed by atoms with van der Waals surface area (Å²) < 4.78 is 15.4. The summed E-state index contributed by atoms with van der Waals surface area (Å²) in [6.45, 7) is 4.68. The van der Waals surface area contributed by atoms with Crippen LogP contribution in [0.25, 0.3) is 0 Å². The second-order valence-electron chi connectivity index (χ2n) is 3.63. The largest absolute Gasteiger partial charge is 0.394 e. The summed E-state index contributed by atoms with van der Waals surface area (Å²) in [4.78, 5) is 0. The summed E-state index contributed by atoms with van der Waals surface area (Å²) in [5, 5.41) is 12.1. The van der Waals surface area contributed by atoms with Gasteiger partial charge in [0.05, 0.1) is 45.2 Å². The first kappa shape index (κ1) is 14.8. The molecule has 0 saturated heterocycles. The fraction of sp³-hybridized carbons (Fsp3) is 1.00. The molecular weight excluding hydrogens is 198 g/mol. The van der Waals surface area contributed by atoms with Gasteiger partial charge in [0.1, 0.15) is 0 Å². The maximum atomic E-state index is 9.07. The van der Waals surface area contributed by atoms with Crippen molar-refractivity contribution in [2.75, 3.05) is 53.8 Å². The van der Waals surface area contributed by atoms with Crippen LogP contribution >= 0.6 is 0 Å². The lowest BCUT2D eigenvalue weighted by Crippen LogP contribution is -2.47. The molecule has 0 heterocycles. The number of hydrogen-bond donors (Lipinski definition) is 2. The molecule has 0 fully saturated rings. The topological polar surface area (TPSA) is 60.0 Å². The Balaban J connectivity index is 3.29. The highest BCUT2D eigenvalue weighted by Gasteiger charge is 2.20. The van der Waals surface area contributed by atoms with E-state index in [1.165, 1.54) is 0 Å². The average molecular weight is 221 g/mol. The van der Waals surface area contributed by atoms with Crippen LogP contribution in [0.3, 0.4) is 0 Å². The number of nitrogens with one attached hydrogen (secondary N) is 1. The van der Waals surface area contributed by atoms with Crippen LogP contribution in [0.5, 0.6) is 0 Å². The minimum atomic E-state index is -0.369. The zero-order valence-corrected chi connectivity index (χ0v) is 9.91. The van der Waals surface area contributed by atoms with E-state index in [2.05, 4.69) is 5.32 Å². The summed E-state index contributed by atoms with van der Waals surface area (Å²) in [5.74, 6) is 0. The van der Waals surface area contributed by atoms with Crippen LogP contribution in [0, 0.1) is 0 Å². The number of likely N-dealkylation sites (N-methyl/N-ethyl adjacent to an activating group) is 1. The van der Waals surface area contributed by atoms with Crippen LogP contribution in [0.4, 0.5) is 0 Å². The Labute approximate surface area is 91.7 Å². The molecule has 0 saturated carbocycles. The van der Waals surface area contributed by atoms with Crippen LogP contribution in [-0.4, -0.2) is 64.4 Å². The minimum Gasteiger partial charge on any atom is -0.394 e. The number of rotatable bonds is 10. The molecule has 5 heteroatoms. The van der Waals surface area contributed by atoms with E-state index in [1.807, 2.05) is 6.92 Å². The maximum absolute atomic E-state index is 9.07. The average Bonchev–Trinajstić information content (AvgIpc) is 2.27. The van der Waals surface area contributed by atoms with Gasteiger partial charge in [0.15, 0.2) is 0 Å². The van der Waals surface area contributed by atoms with Crippen molar-refractivity contribution in [1.29, 1.82) is 0 Å². The molecule has 0 aliphatic carbocycles. The van der Waals surface area contributed by atoms with E-state index >= 15 is 0 Å². The van der Waals surface area contributed by atoms with Crippen molar-refractivity contribution in [1.82, 2.24) is 5.32 Å². The van der Waals surface area contributed by atoms with Crippen molar-refractivity contribution in [2.45, 2.75) is 12.5 Å². The number of aliphatic hydroxyl groups is 1. The predicted octanol–water partition coefficient (Wildman–Crippen LogP) is -0.364. The molecule has 0 radical (unpaired) electrons. The van der Waals surface area contributed by atoms with Gasteiger partial charge in [0.25, 0.3) is 0 Å². The van der Waals surface area contributed by atoms with Gasteiger partial charge in [-0.05, 0) is 14.0 Å². The Morgan fingerprint density at radius 2 is 1.73 bits per heavy atom. The molecule has 1 atom stereocenters. The second-order valence-corrected chi connectivity index (χ2v) is 3.63. The number of hydrogen-bond acceptors (Lipinski definition) is 5. The molecule has 1 unspecified atom stereocenters. The van der Waals surface area contributed by atoms with Crippen LogP contribution in [-0.2, 0) is 14.2 Å². The van der Waals surface area contributed by atoms with Gasteiger partial charge in [-0.1, -0.05) is 0 Å². The fourth-order valence-corrected chi connectivity index (χ4v) is 0.856. The van der Waals surface area contributed by atoms with Gasteiger partial charge < -0.3 is 24.6 Å². The van der Waals surface area contributed by atoms with Gasteiger partial charge in [0.2, 0.25) is 0 Å². The normalized spacial score (nSPS) is 15.2. The highest BCUT2D eigenvalue weighted by Crippen LogP contribution is 2.01. The molecule has 0 aliphatic heterocycles. The highest BCUT2D eigenvalue weighted by atomic mass is 16.5. The third-order valence-corrected chi connectivity index (χ3v) is 2.18. The molecule has 0 rings (SSSR count). The zero-order valence-electron chi connectivity index (χ0n) is 9.91. The Kier molecular flexibility index (Phi) is 8.94. The lowest BCUT2D eigenvalue weighted by molar-refractivity contribution is -0.000109. The molecule has 0 spiro atoms. The third kappa shape index (κ3) is 7.70. The van der Waals surface area contributed by atoms with E-state index in [9.17, 15) is 0 Å². The number of ether oxygens (including phenoxy) is 3. The van der Waals surface area contributed by atoms with Crippen LogP contribution in [0.2, 0.25) is 0 Å². The van der Waals surface area contributed by atoms with Gasteiger partial charge in [-0.15, -0.1) is 0 Å². The Hall–Kier alpha value is -0.200. The SMILES string of the molecule is CNC(C)(CO)COCCOCCOC. The minimum absolute atomic E-state index is 0.0496. The van der Waals surface area contributed by atoms with Crippen molar-refractivity contribution in [3.63, 3.8) is 0 Å². The molecule has 0 amide bonds. The monoisotopic (exact) mass is 221 g/mol. The van der Waals surface area contributed by atoms with Crippen LogP contribution in [0.1, 0.15) is 6.92 Å². The summed E-state index contributed by atoms with van der Waals surface area (Å²) in [6.07, 6.45) is 0. The Morgan fingerprint density at radius 3 is 2.27 bits per heavy atom.